The molecule has 4 rings (SSSR count). The van der Waals surface area contributed by atoms with Gasteiger partial charge in [0, 0.05) is 24.3 Å². The molecule has 0 spiro atoms. The molecule has 154 valence electrons. The standard InChI is InChI=1S/C21H18Cl2N4O3/c22-15-6-7-17(16(23)10-15)25-20(28)18-11-26-8-9-27(12-19(26)24-18)21(29)30-13-14-4-2-1-3-5-14/h1-7,10-11H,8-9,12-13H2,(H,25,28). The van der Waals surface area contributed by atoms with Crippen LogP contribution in [0.3, 0.4) is 0 Å². The molecule has 0 aliphatic carbocycles. The number of ether oxygens (including phenoxy) is 1. The van der Waals surface area contributed by atoms with Crippen LogP contribution in [0, 0.1) is 0 Å². The fraction of sp³-hybridized carbons (Fsp3) is 0.190. The summed E-state index contributed by atoms with van der Waals surface area (Å²) >= 11 is 12.0. The van der Waals surface area contributed by atoms with Gasteiger partial charge in [-0.3, -0.25) is 9.69 Å². The zero-order valence-corrected chi connectivity index (χ0v) is 17.4. The average Bonchev–Trinajstić information content (AvgIpc) is 3.18. The van der Waals surface area contributed by atoms with Crippen LogP contribution in [-0.2, 0) is 24.4 Å². The first-order chi connectivity index (χ1) is 14.5. The Morgan fingerprint density at radius 1 is 1.10 bits per heavy atom. The molecule has 0 saturated carbocycles. The fourth-order valence-electron chi connectivity index (χ4n) is 3.11. The Morgan fingerprint density at radius 3 is 2.67 bits per heavy atom. The molecule has 2 amide bonds. The highest BCUT2D eigenvalue weighted by Gasteiger charge is 2.25. The predicted molar refractivity (Wildman–Crippen MR) is 114 cm³/mol. The van der Waals surface area contributed by atoms with Gasteiger partial charge in [0.1, 0.15) is 18.1 Å². The number of aromatic nitrogens is 2. The number of fused-ring (bicyclic) bond motifs is 1. The summed E-state index contributed by atoms with van der Waals surface area (Å²) in [5.41, 5.74) is 1.61. The molecule has 2 heterocycles. The summed E-state index contributed by atoms with van der Waals surface area (Å²) < 4.78 is 7.24. The van der Waals surface area contributed by atoms with Crippen LogP contribution in [0.15, 0.2) is 54.7 Å². The van der Waals surface area contributed by atoms with Gasteiger partial charge in [-0.2, -0.15) is 0 Å². The SMILES string of the molecule is O=C(Nc1ccc(Cl)cc1Cl)c1cn2c(n1)CN(C(=O)OCc1ccccc1)CC2. The van der Waals surface area contributed by atoms with Gasteiger partial charge in [-0.15, -0.1) is 0 Å². The minimum atomic E-state index is -0.410. The number of nitrogens with zero attached hydrogens (tertiary/aromatic N) is 3. The Kier molecular flexibility index (Phi) is 5.92. The molecule has 2 aromatic carbocycles. The van der Waals surface area contributed by atoms with Crippen LogP contribution in [0.25, 0.3) is 0 Å². The summed E-state index contributed by atoms with van der Waals surface area (Å²) in [6.45, 7) is 1.47. The molecule has 1 aliphatic heterocycles. The highest BCUT2D eigenvalue weighted by molar-refractivity contribution is 6.36. The van der Waals surface area contributed by atoms with Gasteiger partial charge < -0.3 is 14.6 Å². The summed E-state index contributed by atoms with van der Waals surface area (Å²) in [4.78, 5) is 30.9. The molecule has 3 aromatic rings. The van der Waals surface area contributed by atoms with Crippen molar-refractivity contribution in [3.63, 3.8) is 0 Å². The molecular formula is C21H18Cl2N4O3. The molecular weight excluding hydrogens is 427 g/mol. The van der Waals surface area contributed by atoms with Crippen molar-refractivity contribution in [2.24, 2.45) is 0 Å². The van der Waals surface area contributed by atoms with E-state index in [1.54, 1.807) is 29.3 Å². The number of rotatable bonds is 4. The molecule has 9 heteroatoms. The van der Waals surface area contributed by atoms with Gasteiger partial charge in [-0.05, 0) is 23.8 Å². The minimum absolute atomic E-state index is 0.208. The fourth-order valence-corrected chi connectivity index (χ4v) is 3.56. The van der Waals surface area contributed by atoms with Crippen LogP contribution in [0.5, 0.6) is 0 Å². The van der Waals surface area contributed by atoms with E-state index >= 15 is 0 Å². The van der Waals surface area contributed by atoms with E-state index in [1.165, 1.54) is 0 Å². The number of imidazole rings is 1. The Morgan fingerprint density at radius 2 is 1.90 bits per heavy atom. The molecule has 1 aromatic heterocycles. The van der Waals surface area contributed by atoms with Gasteiger partial charge in [0.25, 0.3) is 5.91 Å². The van der Waals surface area contributed by atoms with Crippen molar-refractivity contribution in [1.29, 1.82) is 0 Å². The highest BCUT2D eigenvalue weighted by atomic mass is 35.5. The van der Waals surface area contributed by atoms with Crippen molar-refractivity contribution in [3.05, 3.63) is 81.9 Å². The number of carbonyl (C=O) groups is 2. The lowest BCUT2D eigenvalue weighted by Crippen LogP contribution is -2.38. The normalized spacial score (nSPS) is 12.9. The zero-order valence-electron chi connectivity index (χ0n) is 15.8. The lowest BCUT2D eigenvalue weighted by molar-refractivity contribution is 0.0861. The van der Waals surface area contributed by atoms with Crippen molar-refractivity contribution in [1.82, 2.24) is 14.5 Å². The molecule has 30 heavy (non-hydrogen) atoms. The second-order valence-electron chi connectivity index (χ2n) is 6.78. The number of benzene rings is 2. The van der Waals surface area contributed by atoms with E-state index in [0.717, 1.165) is 5.56 Å². The molecule has 1 aliphatic rings. The lowest BCUT2D eigenvalue weighted by atomic mass is 10.2. The molecule has 0 bridgehead atoms. The van der Waals surface area contributed by atoms with Gasteiger partial charge >= 0.3 is 6.09 Å². The van der Waals surface area contributed by atoms with Crippen LogP contribution in [0.2, 0.25) is 10.0 Å². The van der Waals surface area contributed by atoms with Gasteiger partial charge in [0.05, 0.1) is 17.3 Å². The number of halogens is 2. The second-order valence-corrected chi connectivity index (χ2v) is 7.62. The van der Waals surface area contributed by atoms with Gasteiger partial charge in [-0.1, -0.05) is 53.5 Å². The maximum Gasteiger partial charge on any atom is 0.410 e. The topological polar surface area (TPSA) is 76.5 Å². The van der Waals surface area contributed by atoms with Crippen LogP contribution in [0.4, 0.5) is 10.5 Å². The first-order valence-electron chi connectivity index (χ1n) is 9.27. The zero-order chi connectivity index (χ0) is 21.1. The minimum Gasteiger partial charge on any atom is -0.445 e. The maximum atomic E-state index is 12.6. The van der Waals surface area contributed by atoms with Crippen molar-refractivity contribution in [2.45, 2.75) is 19.7 Å². The Hall–Kier alpha value is -3.03. The molecule has 0 unspecified atom stereocenters. The quantitative estimate of drug-likeness (QED) is 0.637. The summed E-state index contributed by atoms with van der Waals surface area (Å²) in [7, 11) is 0. The van der Waals surface area contributed by atoms with E-state index in [0.29, 0.717) is 34.6 Å². The van der Waals surface area contributed by atoms with E-state index in [4.69, 9.17) is 27.9 Å². The molecule has 0 radical (unpaired) electrons. The molecule has 0 fully saturated rings. The summed E-state index contributed by atoms with van der Waals surface area (Å²) in [5, 5.41) is 3.55. The van der Waals surface area contributed by atoms with E-state index in [1.807, 2.05) is 34.9 Å². The molecule has 0 atom stereocenters. The van der Waals surface area contributed by atoms with E-state index in [-0.39, 0.29) is 24.8 Å². The first kappa shape index (κ1) is 20.3. The summed E-state index contributed by atoms with van der Waals surface area (Å²) in [6, 6.07) is 14.3. The van der Waals surface area contributed by atoms with Gasteiger partial charge in [0.15, 0.2) is 0 Å². The highest BCUT2D eigenvalue weighted by Crippen LogP contribution is 2.26. The third-order valence-corrected chi connectivity index (χ3v) is 5.23. The van der Waals surface area contributed by atoms with Crippen LogP contribution < -0.4 is 5.32 Å². The third kappa shape index (κ3) is 4.58. The number of hydrogen-bond donors (Lipinski definition) is 1. The smallest absolute Gasteiger partial charge is 0.410 e. The number of nitrogens with one attached hydrogen (secondary N) is 1. The van der Waals surface area contributed by atoms with E-state index in [2.05, 4.69) is 10.3 Å². The Labute approximate surface area is 183 Å². The van der Waals surface area contributed by atoms with Crippen molar-refractivity contribution >= 4 is 40.9 Å². The number of carbonyl (C=O) groups excluding carboxylic acids is 2. The lowest BCUT2D eigenvalue weighted by Gasteiger charge is -2.26. The maximum absolute atomic E-state index is 12.6. The predicted octanol–water partition coefficient (Wildman–Crippen LogP) is 4.59. The molecule has 0 saturated heterocycles. The number of amides is 2. The van der Waals surface area contributed by atoms with E-state index in [9.17, 15) is 9.59 Å². The number of anilines is 1. The van der Waals surface area contributed by atoms with Gasteiger partial charge in [0.2, 0.25) is 0 Å². The Balaban J connectivity index is 1.39. The molecule has 7 nitrogen and oxygen atoms in total. The first-order valence-corrected chi connectivity index (χ1v) is 10.0. The van der Waals surface area contributed by atoms with Crippen LogP contribution in [-0.4, -0.2) is 33.0 Å². The van der Waals surface area contributed by atoms with Crippen molar-refractivity contribution < 1.29 is 14.3 Å². The number of hydrogen-bond acceptors (Lipinski definition) is 4. The average molecular weight is 445 g/mol. The monoisotopic (exact) mass is 444 g/mol. The third-order valence-electron chi connectivity index (χ3n) is 4.68. The largest absolute Gasteiger partial charge is 0.445 e. The van der Waals surface area contributed by atoms with Crippen LogP contribution in [0.1, 0.15) is 21.9 Å². The van der Waals surface area contributed by atoms with Gasteiger partial charge in [-0.25, -0.2) is 9.78 Å². The molecule has 1 N–H and O–H groups in total. The second kappa shape index (κ2) is 8.77. The summed E-state index contributed by atoms with van der Waals surface area (Å²) in [6.07, 6.45) is 1.26. The van der Waals surface area contributed by atoms with Crippen LogP contribution >= 0.6 is 23.2 Å². The van der Waals surface area contributed by atoms with Crippen molar-refractivity contribution in [3.8, 4) is 0 Å². The Bertz CT molecular complexity index is 1090. The van der Waals surface area contributed by atoms with Crippen molar-refractivity contribution in [2.75, 3.05) is 11.9 Å². The summed E-state index contributed by atoms with van der Waals surface area (Å²) in [5.74, 6) is 0.226. The van der Waals surface area contributed by atoms with E-state index < -0.39 is 6.09 Å².